The number of aromatic nitrogens is 1. The van der Waals surface area contributed by atoms with Crippen molar-refractivity contribution in [2.24, 2.45) is 0 Å². The van der Waals surface area contributed by atoms with Crippen LogP contribution in [-0.2, 0) is 19.6 Å². The molecule has 1 heterocycles. The largest absolute Gasteiger partial charge is 0.345 e. The summed E-state index contributed by atoms with van der Waals surface area (Å²) in [6.45, 7) is 3.98. The zero-order chi connectivity index (χ0) is 21.6. The van der Waals surface area contributed by atoms with Crippen molar-refractivity contribution in [1.29, 1.82) is 0 Å². The quantitative estimate of drug-likeness (QED) is 0.303. The van der Waals surface area contributed by atoms with E-state index in [-0.39, 0.29) is 5.91 Å². The molecule has 3 aromatic carbocycles. The number of hydrogen-bond donors (Lipinski definition) is 0. The molecule has 0 saturated carbocycles. The van der Waals surface area contributed by atoms with E-state index < -0.39 is 0 Å². The van der Waals surface area contributed by atoms with Gasteiger partial charge in [0.25, 0.3) is 5.91 Å². The molecule has 0 aliphatic carbocycles. The van der Waals surface area contributed by atoms with Gasteiger partial charge in [0, 0.05) is 35.0 Å². The Morgan fingerprint density at radius 3 is 2.35 bits per heavy atom. The van der Waals surface area contributed by atoms with Crippen molar-refractivity contribution in [3.05, 3.63) is 130 Å². The Kier molecular flexibility index (Phi) is 6.68. The zero-order valence-electron chi connectivity index (χ0n) is 17.5. The average Bonchev–Trinajstić information content (AvgIpc) is 3.21. The molecule has 0 atom stereocenters. The molecule has 1 aromatic heterocycles. The number of carbonyl (C=O) groups is 1. The second-order valence-electron chi connectivity index (χ2n) is 7.77. The van der Waals surface area contributed by atoms with Crippen LogP contribution in [0.5, 0.6) is 0 Å². The molecule has 1 amide bonds. The van der Waals surface area contributed by atoms with Crippen molar-refractivity contribution in [2.75, 3.05) is 0 Å². The summed E-state index contributed by atoms with van der Waals surface area (Å²) in [4.78, 5) is 15.3. The topological polar surface area (TPSA) is 25.2 Å². The van der Waals surface area contributed by atoms with Crippen molar-refractivity contribution < 1.29 is 4.79 Å². The van der Waals surface area contributed by atoms with E-state index in [2.05, 4.69) is 76.1 Å². The van der Waals surface area contributed by atoms with E-state index in [0.29, 0.717) is 18.7 Å². The summed E-state index contributed by atoms with van der Waals surface area (Å²) in [7, 11) is 0. The predicted octanol–water partition coefficient (Wildman–Crippen LogP) is 6.45. The van der Waals surface area contributed by atoms with E-state index in [0.717, 1.165) is 22.3 Å². The standard InChI is InChI=1S/C27H25BrN2O/c1-21-12-14-23(15-13-21)18-29-16-6-11-26(29)20-30(19-22-7-3-2-4-8-22)27(31)24-9-5-10-25(28)17-24/h2-17H,18-20H2,1H3. The third kappa shape index (κ3) is 5.53. The van der Waals surface area contributed by atoms with Crippen molar-refractivity contribution in [2.45, 2.75) is 26.6 Å². The highest BCUT2D eigenvalue weighted by Crippen LogP contribution is 2.19. The minimum Gasteiger partial charge on any atom is -0.345 e. The van der Waals surface area contributed by atoms with Gasteiger partial charge in [0.1, 0.15) is 0 Å². The Bertz CT molecular complexity index is 1150. The molecule has 3 nitrogen and oxygen atoms in total. The van der Waals surface area contributed by atoms with Gasteiger partial charge in [-0.1, -0.05) is 82.2 Å². The van der Waals surface area contributed by atoms with Gasteiger partial charge in [-0.15, -0.1) is 0 Å². The summed E-state index contributed by atoms with van der Waals surface area (Å²) in [5.74, 6) is 0.0215. The smallest absolute Gasteiger partial charge is 0.254 e. The highest BCUT2D eigenvalue weighted by Gasteiger charge is 2.18. The fourth-order valence-electron chi connectivity index (χ4n) is 3.64. The summed E-state index contributed by atoms with van der Waals surface area (Å²) in [6.07, 6.45) is 2.08. The first-order valence-electron chi connectivity index (χ1n) is 10.4. The molecule has 0 aliphatic heterocycles. The second-order valence-corrected chi connectivity index (χ2v) is 8.69. The lowest BCUT2D eigenvalue weighted by Crippen LogP contribution is -2.31. The molecular formula is C27H25BrN2O. The van der Waals surface area contributed by atoms with Crippen molar-refractivity contribution in [3.8, 4) is 0 Å². The van der Waals surface area contributed by atoms with Crippen LogP contribution in [0.15, 0.2) is 102 Å². The first-order valence-corrected chi connectivity index (χ1v) is 11.2. The fraction of sp³-hybridized carbons (Fsp3) is 0.148. The van der Waals surface area contributed by atoms with Gasteiger partial charge in [-0.25, -0.2) is 0 Å². The van der Waals surface area contributed by atoms with Gasteiger partial charge in [0.2, 0.25) is 0 Å². The highest BCUT2D eigenvalue weighted by atomic mass is 79.9. The number of rotatable bonds is 7. The van der Waals surface area contributed by atoms with Gasteiger partial charge in [0.05, 0.1) is 6.54 Å². The molecule has 4 heteroatoms. The summed E-state index contributed by atoms with van der Waals surface area (Å²) < 4.78 is 3.12. The maximum absolute atomic E-state index is 13.4. The maximum atomic E-state index is 13.4. The molecule has 0 saturated heterocycles. The minimum absolute atomic E-state index is 0.0215. The Morgan fingerprint density at radius 1 is 0.839 bits per heavy atom. The summed E-state index contributed by atoms with van der Waals surface area (Å²) in [6, 6.07) is 30.5. The van der Waals surface area contributed by atoms with Crippen LogP contribution in [0.2, 0.25) is 0 Å². The lowest BCUT2D eigenvalue weighted by molar-refractivity contribution is 0.0726. The van der Waals surface area contributed by atoms with Gasteiger partial charge < -0.3 is 9.47 Å². The molecular weight excluding hydrogens is 448 g/mol. The Hall–Kier alpha value is -3.11. The van der Waals surface area contributed by atoms with Crippen LogP contribution < -0.4 is 0 Å². The maximum Gasteiger partial charge on any atom is 0.254 e. The minimum atomic E-state index is 0.0215. The molecule has 31 heavy (non-hydrogen) atoms. The van der Waals surface area contributed by atoms with E-state index in [4.69, 9.17) is 0 Å². The van der Waals surface area contributed by atoms with E-state index in [1.54, 1.807) is 0 Å². The van der Waals surface area contributed by atoms with Crippen LogP contribution in [-0.4, -0.2) is 15.4 Å². The molecule has 0 aliphatic rings. The highest BCUT2D eigenvalue weighted by molar-refractivity contribution is 9.10. The Morgan fingerprint density at radius 2 is 1.61 bits per heavy atom. The molecule has 0 radical (unpaired) electrons. The molecule has 0 bridgehead atoms. The summed E-state index contributed by atoms with van der Waals surface area (Å²) in [5.41, 5.74) is 5.41. The molecule has 0 fully saturated rings. The van der Waals surface area contributed by atoms with Crippen molar-refractivity contribution in [3.63, 3.8) is 0 Å². The van der Waals surface area contributed by atoms with Crippen LogP contribution in [0.1, 0.15) is 32.7 Å². The summed E-state index contributed by atoms with van der Waals surface area (Å²) in [5, 5.41) is 0. The van der Waals surface area contributed by atoms with Gasteiger partial charge in [-0.05, 0) is 48.4 Å². The average molecular weight is 473 g/mol. The number of aryl methyl sites for hydroxylation is 1. The number of hydrogen-bond acceptors (Lipinski definition) is 1. The van der Waals surface area contributed by atoms with Crippen molar-refractivity contribution >= 4 is 21.8 Å². The van der Waals surface area contributed by atoms with E-state index >= 15 is 0 Å². The number of carbonyl (C=O) groups excluding carboxylic acids is 1. The van der Waals surface area contributed by atoms with E-state index in [1.165, 1.54) is 11.1 Å². The number of benzene rings is 3. The third-order valence-electron chi connectivity index (χ3n) is 5.32. The first kappa shape index (κ1) is 21.1. The lowest BCUT2D eigenvalue weighted by Gasteiger charge is -2.24. The van der Waals surface area contributed by atoms with E-state index in [9.17, 15) is 4.79 Å². The predicted molar refractivity (Wildman–Crippen MR) is 129 cm³/mol. The van der Waals surface area contributed by atoms with Gasteiger partial charge in [-0.2, -0.15) is 0 Å². The second kappa shape index (κ2) is 9.80. The number of halogens is 1. The molecule has 4 rings (SSSR count). The zero-order valence-corrected chi connectivity index (χ0v) is 19.1. The monoisotopic (exact) mass is 472 g/mol. The number of amides is 1. The number of nitrogens with zero attached hydrogens (tertiary/aromatic N) is 2. The summed E-state index contributed by atoms with van der Waals surface area (Å²) >= 11 is 3.49. The van der Waals surface area contributed by atoms with Crippen LogP contribution in [0, 0.1) is 6.92 Å². The van der Waals surface area contributed by atoms with Gasteiger partial charge >= 0.3 is 0 Å². The van der Waals surface area contributed by atoms with Crippen LogP contribution in [0.25, 0.3) is 0 Å². The molecule has 0 N–H and O–H groups in total. The van der Waals surface area contributed by atoms with Crippen LogP contribution >= 0.6 is 15.9 Å². The Balaban J connectivity index is 1.60. The fourth-order valence-corrected chi connectivity index (χ4v) is 4.04. The third-order valence-corrected chi connectivity index (χ3v) is 5.82. The normalized spacial score (nSPS) is 10.8. The molecule has 0 spiro atoms. The van der Waals surface area contributed by atoms with Crippen molar-refractivity contribution in [1.82, 2.24) is 9.47 Å². The molecule has 4 aromatic rings. The van der Waals surface area contributed by atoms with Gasteiger partial charge in [-0.3, -0.25) is 4.79 Å². The lowest BCUT2D eigenvalue weighted by atomic mass is 10.1. The first-order chi connectivity index (χ1) is 15.1. The SMILES string of the molecule is Cc1ccc(Cn2cccc2CN(Cc2ccccc2)C(=O)c2cccc(Br)c2)cc1. The van der Waals surface area contributed by atoms with Gasteiger partial charge in [0.15, 0.2) is 0 Å². The Labute approximate surface area is 192 Å². The van der Waals surface area contributed by atoms with E-state index in [1.807, 2.05) is 53.4 Å². The molecule has 156 valence electrons. The van der Waals surface area contributed by atoms with Crippen LogP contribution in [0.4, 0.5) is 0 Å². The van der Waals surface area contributed by atoms with Crippen LogP contribution in [0.3, 0.4) is 0 Å². The molecule has 0 unspecified atom stereocenters.